The molecule has 0 radical (unpaired) electrons. The van der Waals surface area contributed by atoms with E-state index in [-0.39, 0.29) is 11.7 Å². The molecule has 0 saturated carbocycles. The maximum Gasteiger partial charge on any atom is 0.253 e. The van der Waals surface area contributed by atoms with Crippen LogP contribution < -0.4 is 0 Å². The molecule has 1 heterocycles. The molecule has 3 nitrogen and oxygen atoms in total. The van der Waals surface area contributed by atoms with Crippen molar-refractivity contribution in [3.63, 3.8) is 0 Å². The van der Waals surface area contributed by atoms with E-state index in [1.807, 2.05) is 0 Å². The van der Waals surface area contributed by atoms with Gasteiger partial charge in [-0.2, -0.15) is 0 Å². The number of carbonyl (C=O) groups excluding carboxylic acids is 1. The Bertz CT molecular complexity index is 455. The molecule has 1 aliphatic heterocycles. The summed E-state index contributed by atoms with van der Waals surface area (Å²) in [6.45, 7) is 5.59. The molecule has 0 aliphatic carbocycles. The molecule has 1 amide bonds. The van der Waals surface area contributed by atoms with Gasteiger partial charge in [-0.3, -0.25) is 4.79 Å². The molecule has 0 spiro atoms. The fourth-order valence-electron chi connectivity index (χ4n) is 2.40. The molecule has 0 unspecified atom stereocenters. The average Bonchev–Trinajstić information content (AvgIpc) is 2.91. The number of hydrogen-bond acceptors (Lipinski definition) is 2. The summed E-state index contributed by atoms with van der Waals surface area (Å²) in [6, 6.07) is 4.53. The third-order valence-corrected chi connectivity index (χ3v) is 3.70. The number of carbonyl (C=O) groups is 1. The molecule has 1 aromatic carbocycles. The van der Waals surface area contributed by atoms with Gasteiger partial charge >= 0.3 is 0 Å². The molecular formula is C15H21FN2O. The van der Waals surface area contributed by atoms with E-state index in [1.165, 1.54) is 18.9 Å². The fraction of sp³-hybridized carbons (Fsp3) is 0.533. The molecule has 19 heavy (non-hydrogen) atoms. The Kier molecular flexibility index (Phi) is 4.53. The normalized spacial score (nSPS) is 15.7. The van der Waals surface area contributed by atoms with Crippen molar-refractivity contribution in [3.8, 4) is 0 Å². The Morgan fingerprint density at radius 2 is 2.05 bits per heavy atom. The molecule has 0 aromatic heterocycles. The molecule has 1 aliphatic rings. The fourth-order valence-corrected chi connectivity index (χ4v) is 2.40. The molecule has 1 aromatic rings. The molecule has 0 N–H and O–H groups in total. The summed E-state index contributed by atoms with van der Waals surface area (Å²) < 4.78 is 13.2. The molecule has 1 saturated heterocycles. The van der Waals surface area contributed by atoms with Gasteiger partial charge < -0.3 is 9.80 Å². The Labute approximate surface area is 114 Å². The first-order valence-electron chi connectivity index (χ1n) is 6.82. The van der Waals surface area contributed by atoms with Gasteiger partial charge in [0.2, 0.25) is 0 Å². The summed E-state index contributed by atoms with van der Waals surface area (Å²) in [5.41, 5.74) is 1.07. The van der Waals surface area contributed by atoms with Gasteiger partial charge in [0, 0.05) is 25.7 Å². The minimum Gasteiger partial charge on any atom is -0.340 e. The van der Waals surface area contributed by atoms with Crippen molar-refractivity contribution in [2.24, 2.45) is 0 Å². The molecule has 1 fully saturated rings. The Morgan fingerprint density at radius 3 is 2.68 bits per heavy atom. The van der Waals surface area contributed by atoms with Gasteiger partial charge in [-0.15, -0.1) is 0 Å². The number of amides is 1. The van der Waals surface area contributed by atoms with Gasteiger partial charge in [0.05, 0.1) is 0 Å². The number of aryl methyl sites for hydroxylation is 1. The van der Waals surface area contributed by atoms with Gasteiger partial charge in [-0.1, -0.05) is 0 Å². The second-order valence-electron chi connectivity index (χ2n) is 5.24. The van der Waals surface area contributed by atoms with Crippen LogP contribution in [0.15, 0.2) is 18.2 Å². The predicted molar refractivity (Wildman–Crippen MR) is 73.8 cm³/mol. The quantitative estimate of drug-likeness (QED) is 0.833. The summed E-state index contributed by atoms with van der Waals surface area (Å²) >= 11 is 0. The molecule has 2 rings (SSSR count). The van der Waals surface area contributed by atoms with Crippen LogP contribution >= 0.6 is 0 Å². The van der Waals surface area contributed by atoms with Crippen molar-refractivity contribution in [1.29, 1.82) is 0 Å². The topological polar surface area (TPSA) is 23.6 Å². The lowest BCUT2D eigenvalue weighted by atomic mass is 10.1. The van der Waals surface area contributed by atoms with Crippen LogP contribution in [0.3, 0.4) is 0 Å². The maximum absolute atomic E-state index is 13.2. The summed E-state index contributed by atoms with van der Waals surface area (Å²) in [6.07, 6.45) is 2.52. The zero-order valence-electron chi connectivity index (χ0n) is 11.7. The van der Waals surface area contributed by atoms with Crippen molar-refractivity contribution in [1.82, 2.24) is 9.80 Å². The van der Waals surface area contributed by atoms with Crippen molar-refractivity contribution in [3.05, 3.63) is 35.1 Å². The molecule has 104 valence electrons. The highest BCUT2D eigenvalue weighted by Crippen LogP contribution is 2.12. The van der Waals surface area contributed by atoms with Crippen molar-refractivity contribution < 1.29 is 9.18 Å². The smallest absolute Gasteiger partial charge is 0.253 e. The second kappa shape index (κ2) is 6.15. The minimum atomic E-state index is -0.267. The van der Waals surface area contributed by atoms with Crippen LogP contribution in [-0.2, 0) is 0 Å². The number of rotatable bonds is 4. The number of likely N-dealkylation sites (tertiary alicyclic amines) is 1. The highest BCUT2D eigenvalue weighted by atomic mass is 19.1. The highest BCUT2D eigenvalue weighted by Gasteiger charge is 2.16. The minimum absolute atomic E-state index is 0.0395. The molecule has 0 atom stereocenters. The molecular weight excluding hydrogens is 243 g/mol. The van der Waals surface area contributed by atoms with Gasteiger partial charge in [0.25, 0.3) is 5.91 Å². The lowest BCUT2D eigenvalue weighted by Crippen LogP contribution is -2.35. The lowest BCUT2D eigenvalue weighted by Gasteiger charge is -2.21. The number of likely N-dealkylation sites (N-methyl/N-ethyl adjacent to an activating group) is 1. The van der Waals surface area contributed by atoms with Crippen molar-refractivity contribution in [2.45, 2.75) is 19.8 Å². The lowest BCUT2D eigenvalue weighted by molar-refractivity contribution is 0.0782. The summed E-state index contributed by atoms with van der Waals surface area (Å²) in [5, 5.41) is 0. The van der Waals surface area contributed by atoms with Crippen molar-refractivity contribution >= 4 is 5.91 Å². The van der Waals surface area contributed by atoms with Crippen LogP contribution in [-0.4, -0.2) is 48.9 Å². The largest absolute Gasteiger partial charge is 0.340 e. The number of benzene rings is 1. The van der Waals surface area contributed by atoms with Crippen LogP contribution in [0, 0.1) is 12.7 Å². The Morgan fingerprint density at radius 1 is 1.37 bits per heavy atom. The van der Waals surface area contributed by atoms with E-state index in [2.05, 4.69) is 4.90 Å². The highest BCUT2D eigenvalue weighted by molar-refractivity contribution is 5.94. The number of hydrogen-bond donors (Lipinski definition) is 0. The first-order chi connectivity index (χ1) is 9.08. The first kappa shape index (κ1) is 14.0. The van der Waals surface area contributed by atoms with Gasteiger partial charge in [-0.25, -0.2) is 4.39 Å². The van der Waals surface area contributed by atoms with E-state index in [0.717, 1.165) is 26.2 Å². The summed E-state index contributed by atoms with van der Waals surface area (Å²) in [4.78, 5) is 16.3. The van der Waals surface area contributed by atoms with Crippen LogP contribution in [0.2, 0.25) is 0 Å². The van der Waals surface area contributed by atoms with E-state index >= 15 is 0 Å². The number of halogens is 1. The Hall–Kier alpha value is -1.42. The monoisotopic (exact) mass is 264 g/mol. The third-order valence-electron chi connectivity index (χ3n) is 3.70. The SMILES string of the molecule is Cc1cc(C(=O)N(C)CCN2CCCC2)ccc1F. The maximum atomic E-state index is 13.2. The zero-order valence-corrected chi connectivity index (χ0v) is 11.7. The predicted octanol–water partition coefficient (Wildman–Crippen LogP) is 2.30. The van der Waals surface area contributed by atoms with E-state index in [4.69, 9.17) is 0 Å². The number of nitrogens with zero attached hydrogens (tertiary/aromatic N) is 2. The van der Waals surface area contributed by atoms with E-state index in [9.17, 15) is 9.18 Å². The molecule has 4 heteroatoms. The summed E-state index contributed by atoms with van der Waals surface area (Å²) in [7, 11) is 1.80. The van der Waals surface area contributed by atoms with E-state index < -0.39 is 0 Å². The van der Waals surface area contributed by atoms with Crippen molar-refractivity contribution in [2.75, 3.05) is 33.2 Å². The summed E-state index contributed by atoms with van der Waals surface area (Å²) in [5.74, 6) is -0.307. The average molecular weight is 264 g/mol. The van der Waals surface area contributed by atoms with Gasteiger partial charge in [0.1, 0.15) is 5.82 Å². The van der Waals surface area contributed by atoms with Crippen LogP contribution in [0.5, 0.6) is 0 Å². The molecule has 0 bridgehead atoms. The van der Waals surface area contributed by atoms with E-state index in [0.29, 0.717) is 11.1 Å². The van der Waals surface area contributed by atoms with Gasteiger partial charge in [-0.05, 0) is 56.6 Å². The van der Waals surface area contributed by atoms with Crippen LogP contribution in [0.1, 0.15) is 28.8 Å². The Balaban J connectivity index is 1.92. The van der Waals surface area contributed by atoms with Gasteiger partial charge in [0.15, 0.2) is 0 Å². The van der Waals surface area contributed by atoms with E-state index in [1.54, 1.807) is 31.0 Å². The standard InChI is InChI=1S/C15H21FN2O/c1-12-11-13(5-6-14(12)16)15(19)17(2)9-10-18-7-3-4-8-18/h5-6,11H,3-4,7-10H2,1-2H3. The van der Waals surface area contributed by atoms with Crippen LogP contribution in [0.4, 0.5) is 4.39 Å². The third kappa shape index (κ3) is 3.53. The zero-order chi connectivity index (χ0) is 13.8. The second-order valence-corrected chi connectivity index (χ2v) is 5.24. The first-order valence-corrected chi connectivity index (χ1v) is 6.82. The van der Waals surface area contributed by atoms with Crippen LogP contribution in [0.25, 0.3) is 0 Å².